The summed E-state index contributed by atoms with van der Waals surface area (Å²) in [6, 6.07) is 6.82. The fraction of sp³-hybridized carbons (Fsp3) is 0.542. The number of aryl methyl sites for hydroxylation is 1. The van der Waals surface area contributed by atoms with Crippen LogP contribution in [-0.2, 0) is 13.0 Å². The molecule has 3 aromatic rings. The Morgan fingerprint density at radius 2 is 2.09 bits per heavy atom. The minimum absolute atomic E-state index is 0.281. The van der Waals surface area contributed by atoms with E-state index in [4.69, 9.17) is 9.97 Å². The lowest BCUT2D eigenvalue weighted by atomic mass is 9.91. The Morgan fingerprint density at radius 3 is 3.03 bits per heavy atom. The van der Waals surface area contributed by atoms with E-state index >= 15 is 0 Å². The van der Waals surface area contributed by atoms with Crippen LogP contribution in [0.5, 0.6) is 0 Å². The molecule has 0 amide bonds. The molecule has 2 saturated heterocycles. The molecule has 0 radical (unpaired) electrons. The van der Waals surface area contributed by atoms with E-state index in [2.05, 4.69) is 43.4 Å². The van der Waals surface area contributed by atoms with Crippen molar-refractivity contribution in [3.8, 4) is 0 Å². The summed E-state index contributed by atoms with van der Waals surface area (Å²) in [6.45, 7) is 3.93. The SMILES string of the molecule is CN(Cc1cn2c(N3CCN4C[C@@H](F)C[C@H]4C3)nccc2n1)[C@H]1CCCc2cccnc21. The molecule has 0 bridgehead atoms. The zero-order chi connectivity index (χ0) is 21.7. The monoisotopic (exact) mass is 435 g/mol. The van der Waals surface area contributed by atoms with Gasteiger partial charge in [-0.25, -0.2) is 14.4 Å². The first-order valence-corrected chi connectivity index (χ1v) is 11.8. The molecule has 0 spiro atoms. The van der Waals surface area contributed by atoms with E-state index in [0.717, 1.165) is 56.3 Å². The highest BCUT2D eigenvalue weighted by Gasteiger charge is 2.37. The molecule has 2 fully saturated rings. The predicted molar refractivity (Wildman–Crippen MR) is 121 cm³/mol. The van der Waals surface area contributed by atoms with Gasteiger partial charge in [-0.1, -0.05) is 6.07 Å². The van der Waals surface area contributed by atoms with Gasteiger partial charge in [-0.2, -0.15) is 0 Å². The Morgan fingerprint density at radius 1 is 1.16 bits per heavy atom. The summed E-state index contributed by atoms with van der Waals surface area (Å²) in [5.74, 6) is 0.913. The minimum atomic E-state index is -0.696. The number of alkyl halides is 1. The maximum absolute atomic E-state index is 13.9. The topological polar surface area (TPSA) is 52.8 Å². The van der Waals surface area contributed by atoms with Gasteiger partial charge in [0.05, 0.1) is 17.4 Å². The van der Waals surface area contributed by atoms with Crippen molar-refractivity contribution >= 4 is 11.6 Å². The van der Waals surface area contributed by atoms with Gasteiger partial charge in [0.2, 0.25) is 5.95 Å². The Balaban J connectivity index is 1.23. The molecule has 1 aliphatic carbocycles. The van der Waals surface area contributed by atoms with Crippen molar-refractivity contribution < 1.29 is 4.39 Å². The van der Waals surface area contributed by atoms with Gasteiger partial charge in [-0.05, 0) is 50.4 Å². The highest BCUT2D eigenvalue weighted by atomic mass is 19.1. The third kappa shape index (κ3) is 3.55. The fourth-order valence-corrected chi connectivity index (χ4v) is 5.81. The molecule has 0 unspecified atom stereocenters. The summed E-state index contributed by atoms with van der Waals surface area (Å²) in [7, 11) is 2.17. The van der Waals surface area contributed by atoms with Crippen LogP contribution in [0.3, 0.4) is 0 Å². The molecule has 3 atom stereocenters. The second-order valence-corrected chi connectivity index (χ2v) is 9.50. The molecule has 8 heteroatoms. The summed E-state index contributed by atoms with van der Waals surface area (Å²) >= 11 is 0. The average Bonchev–Trinajstić information content (AvgIpc) is 3.39. The van der Waals surface area contributed by atoms with Crippen molar-refractivity contribution in [2.75, 3.05) is 38.1 Å². The Labute approximate surface area is 187 Å². The number of fused-ring (bicyclic) bond motifs is 3. The van der Waals surface area contributed by atoms with Crippen LogP contribution in [0.4, 0.5) is 10.3 Å². The molecule has 3 aromatic heterocycles. The van der Waals surface area contributed by atoms with Crippen LogP contribution in [0.1, 0.15) is 42.3 Å². The van der Waals surface area contributed by atoms with Gasteiger partial charge in [0.1, 0.15) is 11.8 Å². The molecule has 32 heavy (non-hydrogen) atoms. The van der Waals surface area contributed by atoms with Crippen LogP contribution in [0.2, 0.25) is 0 Å². The largest absolute Gasteiger partial charge is 0.339 e. The lowest BCUT2D eigenvalue weighted by Gasteiger charge is -2.37. The second-order valence-electron chi connectivity index (χ2n) is 9.50. The molecule has 0 aromatic carbocycles. The molecule has 168 valence electrons. The number of hydrogen-bond acceptors (Lipinski definition) is 6. The Kier molecular flexibility index (Phi) is 5.07. The van der Waals surface area contributed by atoms with E-state index in [9.17, 15) is 4.39 Å². The standard InChI is InChI=1S/C24H30FN7/c1-29(21-6-2-4-17-5-3-8-26-23(17)21)14-19-15-32-22(28-19)7-9-27-24(32)31-11-10-30-13-18(25)12-20(30)16-31/h3,5,7-9,15,18,20-21H,2,4,6,10-14,16H2,1H3/t18-,20-,21-/m0/s1. The molecule has 0 saturated carbocycles. The van der Waals surface area contributed by atoms with E-state index in [0.29, 0.717) is 19.0 Å². The van der Waals surface area contributed by atoms with E-state index < -0.39 is 6.17 Å². The summed E-state index contributed by atoms with van der Waals surface area (Å²) in [6.07, 6.45) is 9.24. The first-order chi connectivity index (χ1) is 15.7. The molecular weight excluding hydrogens is 405 g/mol. The summed E-state index contributed by atoms with van der Waals surface area (Å²) in [5.41, 5.74) is 4.54. The molecule has 7 nitrogen and oxygen atoms in total. The van der Waals surface area contributed by atoms with Crippen molar-refractivity contribution in [1.29, 1.82) is 0 Å². The van der Waals surface area contributed by atoms with E-state index in [1.165, 1.54) is 17.7 Å². The first-order valence-electron chi connectivity index (χ1n) is 11.8. The van der Waals surface area contributed by atoms with Crippen molar-refractivity contribution in [3.63, 3.8) is 0 Å². The summed E-state index contributed by atoms with van der Waals surface area (Å²) in [4.78, 5) is 21.2. The lowest BCUT2D eigenvalue weighted by molar-refractivity contribution is 0.206. The number of aromatic nitrogens is 4. The number of rotatable bonds is 4. The van der Waals surface area contributed by atoms with E-state index in [1.807, 2.05) is 24.5 Å². The first kappa shape index (κ1) is 20.1. The number of pyridine rings is 1. The highest BCUT2D eigenvalue weighted by Crippen LogP contribution is 2.33. The zero-order valence-corrected chi connectivity index (χ0v) is 18.6. The highest BCUT2D eigenvalue weighted by molar-refractivity contribution is 5.48. The molecule has 0 N–H and O–H groups in total. The maximum Gasteiger partial charge on any atom is 0.211 e. The number of anilines is 1. The van der Waals surface area contributed by atoms with Gasteiger partial charge in [0.25, 0.3) is 0 Å². The van der Waals surface area contributed by atoms with Crippen LogP contribution < -0.4 is 4.90 Å². The molecular formula is C24H30FN7. The van der Waals surface area contributed by atoms with Gasteiger partial charge >= 0.3 is 0 Å². The van der Waals surface area contributed by atoms with E-state index in [1.54, 1.807) is 0 Å². The quantitative estimate of drug-likeness (QED) is 0.628. The normalized spacial score (nSPS) is 26.0. The third-order valence-corrected chi connectivity index (χ3v) is 7.37. The minimum Gasteiger partial charge on any atom is -0.339 e. The van der Waals surface area contributed by atoms with Crippen molar-refractivity contribution in [2.24, 2.45) is 0 Å². The number of halogens is 1. The van der Waals surface area contributed by atoms with Gasteiger partial charge in [0.15, 0.2) is 0 Å². The second kappa shape index (κ2) is 8.08. The zero-order valence-electron chi connectivity index (χ0n) is 18.6. The molecule has 5 heterocycles. The van der Waals surface area contributed by atoms with Crippen molar-refractivity contribution in [3.05, 3.63) is 53.7 Å². The van der Waals surface area contributed by atoms with Gasteiger partial charge in [0, 0.05) is 57.4 Å². The third-order valence-electron chi connectivity index (χ3n) is 7.37. The van der Waals surface area contributed by atoms with Crippen molar-refractivity contribution in [2.45, 2.75) is 50.5 Å². The average molecular weight is 436 g/mol. The fourth-order valence-electron chi connectivity index (χ4n) is 5.81. The van der Waals surface area contributed by atoms with Crippen LogP contribution >= 0.6 is 0 Å². The number of nitrogens with zero attached hydrogens (tertiary/aromatic N) is 7. The number of imidazole rings is 1. The lowest BCUT2D eigenvalue weighted by Crippen LogP contribution is -2.50. The summed E-state index contributed by atoms with van der Waals surface area (Å²) in [5, 5.41) is 0. The Hall–Kier alpha value is -2.58. The van der Waals surface area contributed by atoms with E-state index in [-0.39, 0.29) is 6.04 Å². The molecule has 6 rings (SSSR count). The van der Waals surface area contributed by atoms with Crippen LogP contribution in [0.15, 0.2) is 36.8 Å². The van der Waals surface area contributed by atoms with Crippen LogP contribution in [0.25, 0.3) is 5.65 Å². The maximum atomic E-state index is 13.9. The van der Waals surface area contributed by atoms with Gasteiger partial charge < -0.3 is 4.90 Å². The number of piperazine rings is 1. The predicted octanol–water partition coefficient (Wildman–Crippen LogP) is 2.87. The molecule has 3 aliphatic rings. The number of hydrogen-bond donors (Lipinski definition) is 0. The van der Waals surface area contributed by atoms with Crippen LogP contribution in [0, 0.1) is 0 Å². The van der Waals surface area contributed by atoms with Crippen LogP contribution in [-0.4, -0.2) is 74.6 Å². The Bertz CT molecular complexity index is 1110. The smallest absolute Gasteiger partial charge is 0.211 e. The molecule has 2 aliphatic heterocycles. The van der Waals surface area contributed by atoms with Gasteiger partial charge in [-0.15, -0.1) is 0 Å². The summed E-state index contributed by atoms with van der Waals surface area (Å²) < 4.78 is 16.0. The van der Waals surface area contributed by atoms with Crippen molar-refractivity contribution in [1.82, 2.24) is 29.2 Å². The van der Waals surface area contributed by atoms with Gasteiger partial charge in [-0.3, -0.25) is 19.2 Å².